The highest BCUT2D eigenvalue weighted by Gasteiger charge is 2.12. The Kier molecular flexibility index (Phi) is 3.87. The molecule has 0 aromatic rings. The minimum atomic E-state index is -1.61. The number of aliphatic hydroxyl groups excluding tert-OH is 2. The molecule has 0 spiro atoms. The summed E-state index contributed by atoms with van der Waals surface area (Å²) in [5.74, 6) is -3.73. The van der Waals surface area contributed by atoms with Crippen molar-refractivity contribution in [2.45, 2.75) is 13.3 Å². The summed E-state index contributed by atoms with van der Waals surface area (Å²) in [7, 11) is 0. The van der Waals surface area contributed by atoms with Gasteiger partial charge in [0.2, 0.25) is 0 Å². The van der Waals surface area contributed by atoms with Gasteiger partial charge in [-0.2, -0.15) is 0 Å². The Hall–Kier alpha value is -1.39. The van der Waals surface area contributed by atoms with Gasteiger partial charge in [-0.25, -0.2) is 4.79 Å². The predicted molar refractivity (Wildman–Crippen MR) is 36.2 cm³/mol. The molecule has 0 rings (SSSR count). The number of carboxylic acid groups (broad SMARTS) is 1. The monoisotopic (exact) mass is 162 g/mol. The van der Waals surface area contributed by atoms with E-state index in [-0.39, 0.29) is 6.61 Å². The van der Waals surface area contributed by atoms with Crippen molar-refractivity contribution in [2.24, 2.45) is 0 Å². The zero-order valence-corrected chi connectivity index (χ0v) is 6.07. The molecule has 0 unspecified atom stereocenters. The van der Waals surface area contributed by atoms with Crippen LogP contribution in [0.1, 0.15) is 13.3 Å². The van der Waals surface area contributed by atoms with Crippen LogP contribution < -0.4 is 0 Å². The zero-order valence-electron chi connectivity index (χ0n) is 6.07. The standard InChI is InChI=1S/C6H10O5/c1-2-3-11-6(10)4(7)5(8)9/h7,10H,2-3H2,1H3,(H,8,9). The lowest BCUT2D eigenvalue weighted by Crippen LogP contribution is -2.06. The van der Waals surface area contributed by atoms with E-state index >= 15 is 0 Å². The van der Waals surface area contributed by atoms with Gasteiger partial charge in [0.25, 0.3) is 5.76 Å². The molecule has 11 heavy (non-hydrogen) atoms. The Morgan fingerprint density at radius 2 is 1.91 bits per heavy atom. The van der Waals surface area contributed by atoms with E-state index < -0.39 is 17.7 Å². The van der Waals surface area contributed by atoms with Gasteiger partial charge in [0, 0.05) is 0 Å². The van der Waals surface area contributed by atoms with Crippen LogP contribution in [0.15, 0.2) is 11.7 Å². The maximum atomic E-state index is 9.96. The van der Waals surface area contributed by atoms with Gasteiger partial charge in [-0.3, -0.25) is 0 Å². The molecule has 0 aliphatic rings. The van der Waals surface area contributed by atoms with E-state index in [2.05, 4.69) is 4.74 Å². The fraction of sp³-hybridized carbons (Fsp3) is 0.500. The number of hydrogen-bond acceptors (Lipinski definition) is 4. The molecular weight excluding hydrogens is 152 g/mol. The Morgan fingerprint density at radius 3 is 2.27 bits per heavy atom. The third kappa shape index (κ3) is 3.34. The fourth-order valence-corrected chi connectivity index (χ4v) is 0.359. The Morgan fingerprint density at radius 1 is 1.36 bits per heavy atom. The summed E-state index contributed by atoms with van der Waals surface area (Å²) in [5, 5.41) is 25.3. The molecule has 0 aromatic carbocycles. The van der Waals surface area contributed by atoms with Gasteiger partial charge in [-0.05, 0) is 6.42 Å². The first-order valence-electron chi connectivity index (χ1n) is 3.07. The van der Waals surface area contributed by atoms with Crippen molar-refractivity contribution in [1.82, 2.24) is 0 Å². The molecule has 0 aliphatic heterocycles. The minimum Gasteiger partial charge on any atom is -0.497 e. The van der Waals surface area contributed by atoms with Crippen LogP contribution in [0.3, 0.4) is 0 Å². The van der Waals surface area contributed by atoms with Crippen LogP contribution in [0.4, 0.5) is 0 Å². The molecule has 5 nitrogen and oxygen atoms in total. The van der Waals surface area contributed by atoms with Gasteiger partial charge < -0.3 is 20.1 Å². The van der Waals surface area contributed by atoms with Crippen molar-refractivity contribution in [1.29, 1.82) is 0 Å². The number of carboxylic acids is 1. The number of aliphatic hydroxyl groups is 2. The highest BCUT2D eigenvalue weighted by molar-refractivity contribution is 5.83. The van der Waals surface area contributed by atoms with Gasteiger partial charge >= 0.3 is 11.9 Å². The Balaban J connectivity index is 4.05. The fourth-order valence-electron chi connectivity index (χ4n) is 0.359. The van der Waals surface area contributed by atoms with Crippen LogP contribution in [0.25, 0.3) is 0 Å². The quantitative estimate of drug-likeness (QED) is 0.420. The second kappa shape index (κ2) is 4.43. The topological polar surface area (TPSA) is 87.0 Å². The first-order chi connectivity index (χ1) is 5.09. The lowest BCUT2D eigenvalue weighted by Gasteiger charge is -2.01. The summed E-state index contributed by atoms with van der Waals surface area (Å²) >= 11 is 0. The first kappa shape index (κ1) is 9.61. The molecule has 0 saturated carbocycles. The van der Waals surface area contributed by atoms with E-state index in [9.17, 15) is 4.79 Å². The van der Waals surface area contributed by atoms with Crippen molar-refractivity contribution in [3.63, 3.8) is 0 Å². The molecule has 5 heteroatoms. The van der Waals surface area contributed by atoms with Crippen LogP contribution in [0.5, 0.6) is 0 Å². The van der Waals surface area contributed by atoms with Gasteiger partial charge in [-0.15, -0.1) is 0 Å². The molecule has 3 N–H and O–H groups in total. The first-order valence-corrected chi connectivity index (χ1v) is 3.07. The van der Waals surface area contributed by atoms with Crippen LogP contribution >= 0.6 is 0 Å². The van der Waals surface area contributed by atoms with E-state index in [1.807, 2.05) is 0 Å². The molecule has 0 amide bonds. The van der Waals surface area contributed by atoms with Gasteiger partial charge in [0.05, 0.1) is 6.61 Å². The summed E-state index contributed by atoms with van der Waals surface area (Å²) in [4.78, 5) is 9.96. The van der Waals surface area contributed by atoms with E-state index in [0.29, 0.717) is 6.42 Å². The molecule has 0 aromatic heterocycles. The van der Waals surface area contributed by atoms with Crippen LogP contribution in [0.2, 0.25) is 0 Å². The summed E-state index contributed by atoms with van der Waals surface area (Å²) in [6.45, 7) is 1.95. The number of ether oxygens (including phenoxy) is 1. The molecule has 64 valence electrons. The minimum absolute atomic E-state index is 0.170. The van der Waals surface area contributed by atoms with Gasteiger partial charge in [0.1, 0.15) is 0 Å². The summed E-state index contributed by atoms with van der Waals surface area (Å²) in [6, 6.07) is 0. The molecule has 0 radical (unpaired) electrons. The van der Waals surface area contributed by atoms with E-state index in [1.54, 1.807) is 6.92 Å². The van der Waals surface area contributed by atoms with Crippen LogP contribution in [-0.4, -0.2) is 27.9 Å². The average Bonchev–Trinajstić information content (AvgIpc) is 1.98. The van der Waals surface area contributed by atoms with Crippen molar-refractivity contribution >= 4 is 5.97 Å². The normalized spacial score (nSPS) is 12.1. The molecule has 0 saturated heterocycles. The van der Waals surface area contributed by atoms with Crippen LogP contribution in [0, 0.1) is 0 Å². The molecule has 0 atom stereocenters. The van der Waals surface area contributed by atoms with E-state index in [4.69, 9.17) is 15.3 Å². The summed E-state index contributed by atoms with van der Waals surface area (Å²) in [6.07, 6.45) is 0.622. The van der Waals surface area contributed by atoms with Gasteiger partial charge in [0.15, 0.2) is 0 Å². The molecular formula is C6H10O5. The maximum absolute atomic E-state index is 9.96. The third-order valence-corrected chi connectivity index (χ3v) is 0.848. The van der Waals surface area contributed by atoms with E-state index in [0.717, 1.165) is 0 Å². The number of hydrogen-bond donors (Lipinski definition) is 3. The van der Waals surface area contributed by atoms with Crippen molar-refractivity contribution in [2.75, 3.05) is 6.61 Å². The largest absolute Gasteiger partial charge is 0.497 e. The maximum Gasteiger partial charge on any atom is 0.378 e. The Labute approximate surface area is 63.5 Å². The van der Waals surface area contributed by atoms with E-state index in [1.165, 1.54) is 0 Å². The average molecular weight is 162 g/mol. The molecule has 0 fully saturated rings. The third-order valence-electron chi connectivity index (χ3n) is 0.848. The van der Waals surface area contributed by atoms with Crippen molar-refractivity contribution in [3.05, 3.63) is 11.7 Å². The highest BCUT2D eigenvalue weighted by atomic mass is 16.6. The lowest BCUT2D eigenvalue weighted by atomic mass is 10.5. The molecule has 0 bridgehead atoms. The van der Waals surface area contributed by atoms with Gasteiger partial charge in [-0.1, -0.05) is 6.92 Å². The SMILES string of the molecule is CCCOC(O)=C(O)C(=O)O. The smallest absolute Gasteiger partial charge is 0.378 e. The van der Waals surface area contributed by atoms with Crippen LogP contribution in [-0.2, 0) is 9.53 Å². The second-order valence-electron chi connectivity index (χ2n) is 1.81. The molecule has 0 aliphatic carbocycles. The zero-order chi connectivity index (χ0) is 8.85. The summed E-state index contributed by atoms with van der Waals surface area (Å²) < 4.78 is 4.42. The number of carbonyl (C=O) groups is 1. The lowest BCUT2D eigenvalue weighted by molar-refractivity contribution is -0.136. The molecule has 0 heterocycles. The Bertz CT molecular complexity index is 172. The second-order valence-corrected chi connectivity index (χ2v) is 1.81. The summed E-state index contributed by atoms with van der Waals surface area (Å²) in [5.41, 5.74) is 0. The highest BCUT2D eigenvalue weighted by Crippen LogP contribution is 1.99. The predicted octanol–water partition coefficient (Wildman–Crippen LogP) is 0.783. The number of aliphatic carboxylic acids is 1. The number of rotatable bonds is 4. The van der Waals surface area contributed by atoms with Crippen molar-refractivity contribution < 1.29 is 24.9 Å². The van der Waals surface area contributed by atoms with Crippen molar-refractivity contribution in [3.8, 4) is 0 Å².